The smallest absolute Gasteiger partial charge is 0.372 e. The van der Waals surface area contributed by atoms with Crippen LogP contribution in [0.25, 0.3) is 44.5 Å². The average molecular weight is 2390 g/mol. The van der Waals surface area contributed by atoms with Gasteiger partial charge in [-0.15, -0.1) is 0 Å². The molecular formula is C86H108F12O4U4. The van der Waals surface area contributed by atoms with Gasteiger partial charge >= 0.3 is 24.7 Å². The summed E-state index contributed by atoms with van der Waals surface area (Å²) in [7, 11) is 0. The molecule has 0 saturated carbocycles. The minimum Gasteiger partial charge on any atom is -0.372 e. The van der Waals surface area contributed by atoms with Crippen LogP contribution in [0.5, 0.6) is 0 Å². The molecule has 0 spiro atoms. The molecule has 4 nitrogen and oxygen atoms in total. The van der Waals surface area contributed by atoms with Gasteiger partial charge in [0.1, 0.15) is 0 Å². The Balaban J connectivity index is 0. The van der Waals surface area contributed by atoms with Gasteiger partial charge in [-0.2, -0.15) is 52.7 Å². The number of benzene rings is 8. The molecule has 0 amide bonds. The number of alkyl halides is 12. The summed E-state index contributed by atoms with van der Waals surface area (Å²) in [4.78, 5) is 0. The second kappa shape index (κ2) is 41.7. The van der Waals surface area contributed by atoms with Crippen LogP contribution in [0.4, 0.5) is 52.7 Å². The van der Waals surface area contributed by atoms with Crippen molar-refractivity contribution >= 4 is 0 Å². The van der Waals surface area contributed by atoms with Crippen LogP contribution in [0, 0.1) is 208 Å². The quantitative estimate of drug-likeness (QED) is 0.133. The summed E-state index contributed by atoms with van der Waals surface area (Å²) in [6.45, 7) is 51.6. The van der Waals surface area contributed by atoms with Gasteiger partial charge in [0.15, 0.2) is 0 Å². The predicted molar refractivity (Wildman–Crippen MR) is 397 cm³/mol. The Labute approximate surface area is 718 Å². The van der Waals surface area contributed by atoms with Gasteiger partial charge in [-0.05, 0) is 230 Å². The van der Waals surface area contributed by atoms with E-state index in [2.05, 4.69) is 0 Å². The minimum atomic E-state index is -4.77. The molecule has 0 saturated heterocycles. The molecule has 0 aromatic heterocycles. The number of hydrogen-bond donors (Lipinski definition) is 4. The summed E-state index contributed by atoms with van der Waals surface area (Å²) >= 11 is 0. The predicted octanol–water partition coefficient (Wildman–Crippen LogP) is 25.4. The second-order valence-corrected chi connectivity index (χ2v) is 24.3. The van der Waals surface area contributed by atoms with E-state index in [4.69, 9.17) is 0 Å². The van der Waals surface area contributed by atoms with Crippen LogP contribution >= 0.6 is 0 Å². The van der Waals surface area contributed by atoms with E-state index < -0.39 is 47.1 Å². The van der Waals surface area contributed by atoms with Crippen LogP contribution < -0.4 is 0 Å². The molecule has 0 radical (unpaired) electrons. The Morgan fingerprint density at radius 3 is 0.726 bits per heavy atom. The number of fused-ring (bicyclic) bond motifs is 12. The molecule has 4 aliphatic carbocycles. The topological polar surface area (TPSA) is 80.9 Å². The van der Waals surface area contributed by atoms with E-state index in [1.165, 1.54) is 42.5 Å². The number of aliphatic hydroxyl groups is 4. The Morgan fingerprint density at radius 1 is 0.255 bits per heavy atom. The van der Waals surface area contributed by atoms with Crippen LogP contribution in [0.1, 0.15) is 232 Å². The maximum Gasteiger partial charge on any atom is 0.425 e. The fourth-order valence-electron chi connectivity index (χ4n) is 14.8. The number of hydrogen-bond acceptors (Lipinski definition) is 4. The van der Waals surface area contributed by atoms with Crippen LogP contribution in [0.3, 0.4) is 0 Å². The third kappa shape index (κ3) is 17.7. The van der Waals surface area contributed by atoms with Crippen molar-refractivity contribution in [2.75, 3.05) is 0 Å². The monoisotopic (exact) mass is 2390 g/mol. The molecule has 4 N–H and O–H groups in total. The maximum atomic E-state index is 13.9. The van der Waals surface area contributed by atoms with Crippen molar-refractivity contribution < 1.29 is 198 Å². The van der Waals surface area contributed by atoms with Crippen molar-refractivity contribution in [2.24, 2.45) is 0 Å². The summed E-state index contributed by atoms with van der Waals surface area (Å²) in [6.07, 6.45) is -17.2. The molecule has 0 aliphatic heterocycles. The van der Waals surface area contributed by atoms with Gasteiger partial charge in [-0.1, -0.05) is 207 Å². The molecule has 4 atom stereocenters. The van der Waals surface area contributed by atoms with Gasteiger partial charge < -0.3 is 20.4 Å². The van der Waals surface area contributed by atoms with Crippen molar-refractivity contribution in [2.45, 2.75) is 253 Å². The molecule has 0 fully saturated rings. The third-order valence-electron chi connectivity index (χ3n) is 20.2. The zero-order valence-corrected chi connectivity index (χ0v) is 83.4. The average Bonchev–Trinajstić information content (AvgIpc) is 1.56. The molecule has 20 heteroatoms. The molecule has 0 bridgehead atoms. The van der Waals surface area contributed by atoms with Gasteiger partial charge in [0.25, 0.3) is 0 Å². The first-order valence-corrected chi connectivity index (χ1v) is 35.7. The van der Waals surface area contributed by atoms with E-state index in [9.17, 15) is 73.1 Å². The van der Waals surface area contributed by atoms with E-state index >= 15 is 0 Å². The van der Waals surface area contributed by atoms with E-state index in [0.717, 1.165) is 66.8 Å². The second-order valence-electron chi connectivity index (χ2n) is 24.3. The van der Waals surface area contributed by atoms with Crippen LogP contribution in [0.15, 0.2) is 103 Å². The minimum absolute atomic E-state index is 0. The summed E-state index contributed by atoms with van der Waals surface area (Å²) < 4.78 is 166. The van der Waals surface area contributed by atoms with Crippen molar-refractivity contribution in [3.63, 3.8) is 0 Å². The molecule has 4 unspecified atom stereocenters. The molecule has 12 rings (SSSR count). The Morgan fingerprint density at radius 2 is 0.462 bits per heavy atom. The molecule has 576 valence electrons. The summed E-state index contributed by atoms with van der Waals surface area (Å²) in [5, 5.41) is 43.0. The fourth-order valence-corrected chi connectivity index (χ4v) is 14.8. The Hall–Kier alpha value is -3.03. The zero-order chi connectivity index (χ0) is 79.0. The summed E-state index contributed by atoms with van der Waals surface area (Å²) in [5.41, 5.74) is 4.22. The van der Waals surface area contributed by atoms with Crippen molar-refractivity contribution in [1.82, 2.24) is 0 Å². The fraction of sp³-hybridized carbons (Fsp3) is 0.442. The Bertz CT molecular complexity index is 4130. The first-order chi connectivity index (χ1) is 47.7. The molecule has 8 aromatic rings. The first-order valence-electron chi connectivity index (χ1n) is 35.7. The van der Waals surface area contributed by atoms with Crippen LogP contribution in [0.2, 0.25) is 0 Å². The molecule has 106 heavy (non-hydrogen) atoms. The van der Waals surface area contributed by atoms with Gasteiger partial charge in [0.2, 0.25) is 22.4 Å². The van der Waals surface area contributed by atoms with Crippen molar-refractivity contribution in [3.8, 4) is 44.5 Å². The van der Waals surface area contributed by atoms with Crippen LogP contribution in [-0.2, 0) is 41.7 Å². The first kappa shape index (κ1) is 105. The SMILES string of the molecule is CC.CC.CC.CC.CC.CC.CCc1c(C)c(C)c(C)c2c1-c1ccccc1C2(O)C(F)(F)F.CCc1c(C)c(C)c(C)c2c1-c1ccccc1C2(O)C(F)(F)F.CCc1c(C)c(C)cc2c1-c1ccccc1C2(O)C(F)(F)F.Cc1c(C)c(C)c2c(c1C)-c1ccccc1C2(O)C(F)(F)F.[U].[U].[U].[U]. The molecule has 4 aliphatic rings. The molecule has 0 heterocycles. The van der Waals surface area contributed by atoms with Gasteiger partial charge in [-0.25, -0.2) is 0 Å². The van der Waals surface area contributed by atoms with E-state index in [1.807, 2.05) is 152 Å². The largest absolute Gasteiger partial charge is 0.425 e. The van der Waals surface area contributed by atoms with E-state index in [0.29, 0.717) is 80.5 Å². The standard InChI is InChI=1S/2C19H19F3O.2C18H17F3O.6C2H6.4U/c2*1-5-13-11(3)10(2)12(4)17-16(13)14-8-6-7-9-15(14)18(17,23)19(20,21)22;1-9-10(2)12(4)16-15(11(9)3)13-7-5-6-8-14(13)17(16,22)18(19,20)21;1-4-12-11(3)10(2)9-15-16(12)13-7-5-6-8-14(13)17(15,22)18(19,20)21;6*1-2;;;;/h2*6-9,23H,5H2,1-4H3;5-8,22H,1-4H3;5-9,22H,4H2,1-3H3;6*1-2H3;;;;. The van der Waals surface area contributed by atoms with Crippen molar-refractivity contribution in [1.29, 1.82) is 0 Å². The maximum absolute atomic E-state index is 13.9. The summed E-state index contributed by atoms with van der Waals surface area (Å²) in [5.74, 6) is 0. The number of aryl methyl sites for hydroxylation is 1. The van der Waals surface area contributed by atoms with Gasteiger partial charge in [0, 0.05) is 169 Å². The van der Waals surface area contributed by atoms with Gasteiger partial charge in [-0.3, -0.25) is 0 Å². The molecule has 8 aromatic carbocycles. The zero-order valence-electron chi connectivity index (χ0n) is 66.8. The van der Waals surface area contributed by atoms with E-state index in [1.54, 1.807) is 95.3 Å². The van der Waals surface area contributed by atoms with E-state index in [-0.39, 0.29) is 169 Å². The third-order valence-corrected chi connectivity index (χ3v) is 20.2. The Kier molecular flexibility index (Phi) is 41.3. The molecular weight excluding hydrogens is 2280 g/mol. The summed E-state index contributed by atoms with van der Waals surface area (Å²) in [6, 6.07) is 26.6. The van der Waals surface area contributed by atoms with Crippen molar-refractivity contribution in [3.05, 3.63) is 231 Å². The van der Waals surface area contributed by atoms with Gasteiger partial charge in [0.05, 0.1) is 0 Å². The van der Waals surface area contributed by atoms with Crippen LogP contribution in [-0.4, -0.2) is 45.1 Å². The normalized spacial score (nSPS) is 17.2. The number of rotatable bonds is 3. The number of halogens is 12.